The van der Waals surface area contributed by atoms with Crippen molar-refractivity contribution in [1.82, 2.24) is 9.88 Å². The third-order valence-electron chi connectivity index (χ3n) is 6.00. The molecule has 2 N–H and O–H groups in total. The Labute approximate surface area is 172 Å². The van der Waals surface area contributed by atoms with Crippen molar-refractivity contribution in [2.45, 2.75) is 17.9 Å². The van der Waals surface area contributed by atoms with Crippen LogP contribution >= 0.6 is 0 Å². The summed E-state index contributed by atoms with van der Waals surface area (Å²) in [7, 11) is 0. The van der Waals surface area contributed by atoms with Crippen LogP contribution in [0.25, 0.3) is 0 Å². The summed E-state index contributed by atoms with van der Waals surface area (Å²) in [6.07, 6.45) is 3.06. The normalized spacial score (nSPS) is 22.2. The number of hydrogen-bond acceptors (Lipinski definition) is 4. The minimum Gasteiger partial charge on any atom is -0.506 e. The van der Waals surface area contributed by atoms with Crippen molar-refractivity contribution in [3.8, 4) is 5.75 Å². The van der Waals surface area contributed by atoms with Gasteiger partial charge in [0.25, 0.3) is 5.91 Å². The van der Waals surface area contributed by atoms with E-state index in [0.717, 1.165) is 11.3 Å². The van der Waals surface area contributed by atoms with Gasteiger partial charge in [-0.25, -0.2) is 4.39 Å². The summed E-state index contributed by atoms with van der Waals surface area (Å²) in [5, 5.41) is 12.7. The molecule has 1 spiro atoms. The van der Waals surface area contributed by atoms with E-state index in [9.17, 15) is 19.1 Å². The smallest absolute Gasteiger partial charge is 0.256 e. The van der Waals surface area contributed by atoms with Gasteiger partial charge in [-0.15, -0.1) is 0 Å². The molecule has 150 valence electrons. The number of fused-ring (bicyclic) bond motifs is 2. The fourth-order valence-electron chi connectivity index (χ4n) is 4.72. The summed E-state index contributed by atoms with van der Waals surface area (Å²) in [5.41, 5.74) is 1.47. The molecule has 1 aromatic heterocycles. The molecule has 0 bridgehead atoms. The number of anilines is 1. The van der Waals surface area contributed by atoms with E-state index in [2.05, 4.69) is 10.3 Å². The number of nitrogens with one attached hydrogen (secondary N) is 1. The van der Waals surface area contributed by atoms with Gasteiger partial charge in [-0.1, -0.05) is 30.3 Å². The average molecular weight is 403 g/mol. The monoisotopic (exact) mass is 403 g/mol. The molecule has 0 saturated carbocycles. The number of hydrogen-bond donors (Lipinski definition) is 2. The minimum absolute atomic E-state index is 0.114. The summed E-state index contributed by atoms with van der Waals surface area (Å²) < 4.78 is 13.6. The number of carbonyl (C=O) groups is 2. The van der Waals surface area contributed by atoms with Crippen molar-refractivity contribution >= 4 is 17.5 Å². The molecule has 1 saturated heterocycles. The summed E-state index contributed by atoms with van der Waals surface area (Å²) >= 11 is 0. The zero-order valence-corrected chi connectivity index (χ0v) is 15.9. The zero-order chi connectivity index (χ0) is 20.9. The Balaban J connectivity index is 1.67. The van der Waals surface area contributed by atoms with E-state index in [-0.39, 0.29) is 23.1 Å². The zero-order valence-electron chi connectivity index (χ0n) is 15.9. The highest BCUT2D eigenvalue weighted by Crippen LogP contribution is 2.54. The number of benzene rings is 2. The first kappa shape index (κ1) is 18.3. The van der Waals surface area contributed by atoms with E-state index in [1.54, 1.807) is 17.0 Å². The van der Waals surface area contributed by atoms with Crippen LogP contribution in [0.1, 0.15) is 33.9 Å². The lowest BCUT2D eigenvalue weighted by Crippen LogP contribution is -2.42. The predicted molar refractivity (Wildman–Crippen MR) is 107 cm³/mol. The minimum atomic E-state index is -0.978. The van der Waals surface area contributed by atoms with Crippen LogP contribution in [0, 0.1) is 5.82 Å². The van der Waals surface area contributed by atoms with Crippen molar-refractivity contribution in [2.75, 3.05) is 11.9 Å². The van der Waals surface area contributed by atoms with E-state index >= 15 is 0 Å². The number of pyridine rings is 1. The van der Waals surface area contributed by atoms with Crippen LogP contribution in [0.3, 0.4) is 0 Å². The molecule has 2 aliphatic rings. The van der Waals surface area contributed by atoms with Gasteiger partial charge < -0.3 is 15.3 Å². The molecule has 2 aliphatic heterocycles. The Bertz CT molecular complexity index is 1160. The SMILES string of the molecule is O=C(c1cncc(O)c1)N1CC[C@]2(C(=O)Nc3ccccc32)[C@@H]1c1ccc(F)cc1. The van der Waals surface area contributed by atoms with E-state index in [1.165, 1.54) is 30.6 Å². The van der Waals surface area contributed by atoms with Gasteiger partial charge in [0.1, 0.15) is 17.0 Å². The third-order valence-corrected chi connectivity index (χ3v) is 6.00. The van der Waals surface area contributed by atoms with Crippen molar-refractivity contribution in [3.63, 3.8) is 0 Å². The number of para-hydroxylation sites is 1. The highest BCUT2D eigenvalue weighted by molar-refractivity contribution is 6.08. The molecule has 2 aromatic carbocycles. The quantitative estimate of drug-likeness (QED) is 0.687. The molecule has 2 amide bonds. The van der Waals surface area contributed by atoms with Crippen molar-refractivity contribution in [3.05, 3.63) is 89.5 Å². The first-order valence-electron chi connectivity index (χ1n) is 9.62. The van der Waals surface area contributed by atoms with Gasteiger partial charge in [-0.2, -0.15) is 0 Å². The molecule has 0 unspecified atom stereocenters. The highest BCUT2D eigenvalue weighted by atomic mass is 19.1. The summed E-state index contributed by atoms with van der Waals surface area (Å²) in [4.78, 5) is 32.2. The van der Waals surface area contributed by atoms with Gasteiger partial charge in [0.05, 0.1) is 17.8 Å². The molecule has 2 atom stereocenters. The predicted octanol–water partition coefficient (Wildman–Crippen LogP) is 3.40. The number of rotatable bonds is 2. The van der Waals surface area contributed by atoms with Crippen LogP contribution in [0.15, 0.2) is 67.0 Å². The Morgan fingerprint density at radius 2 is 1.93 bits per heavy atom. The third kappa shape index (κ3) is 2.58. The molecule has 0 aliphatic carbocycles. The second-order valence-electron chi connectivity index (χ2n) is 7.61. The van der Waals surface area contributed by atoms with E-state index < -0.39 is 17.3 Å². The van der Waals surface area contributed by atoms with Gasteiger partial charge in [0.2, 0.25) is 5.91 Å². The van der Waals surface area contributed by atoms with E-state index in [0.29, 0.717) is 18.5 Å². The number of aromatic hydroxyl groups is 1. The summed E-state index contributed by atoms with van der Waals surface area (Å²) in [6, 6.07) is 14.1. The Hall–Kier alpha value is -3.74. The lowest BCUT2D eigenvalue weighted by atomic mass is 9.72. The largest absolute Gasteiger partial charge is 0.506 e. The first-order valence-corrected chi connectivity index (χ1v) is 9.62. The molecular formula is C23H18FN3O3. The maximum absolute atomic E-state index is 13.6. The Morgan fingerprint density at radius 1 is 1.17 bits per heavy atom. The molecule has 30 heavy (non-hydrogen) atoms. The highest BCUT2D eigenvalue weighted by Gasteiger charge is 2.59. The second kappa shape index (κ2) is 6.66. The van der Waals surface area contributed by atoms with Crippen LogP contribution in [0.4, 0.5) is 10.1 Å². The summed E-state index contributed by atoms with van der Waals surface area (Å²) in [5.74, 6) is -1.03. The lowest BCUT2D eigenvalue weighted by Gasteiger charge is -2.34. The molecule has 6 nitrogen and oxygen atoms in total. The maximum atomic E-state index is 13.6. The van der Waals surface area contributed by atoms with Crippen molar-refractivity contribution in [2.24, 2.45) is 0 Å². The number of amides is 2. The van der Waals surface area contributed by atoms with Gasteiger partial charge in [0, 0.05) is 18.4 Å². The Morgan fingerprint density at radius 3 is 2.70 bits per heavy atom. The van der Waals surface area contributed by atoms with Crippen LogP contribution in [-0.4, -0.2) is 33.3 Å². The molecule has 1 fully saturated rings. The number of aromatic nitrogens is 1. The van der Waals surface area contributed by atoms with Gasteiger partial charge in [-0.3, -0.25) is 14.6 Å². The summed E-state index contributed by atoms with van der Waals surface area (Å²) in [6.45, 7) is 0.332. The number of halogens is 1. The van der Waals surface area contributed by atoms with Gasteiger partial charge >= 0.3 is 0 Å². The van der Waals surface area contributed by atoms with Crippen LogP contribution in [0.2, 0.25) is 0 Å². The first-order chi connectivity index (χ1) is 14.5. The standard InChI is InChI=1S/C23H18FN3O3/c24-16-7-5-14(6-8-16)20-23(18-3-1-2-4-19(18)26-22(23)30)9-10-27(20)21(29)15-11-17(28)13-25-12-15/h1-8,11-13,20,28H,9-10H2,(H,26,30)/t20-,23+/m0/s1. The molecule has 3 heterocycles. The molecule has 7 heteroatoms. The van der Waals surface area contributed by atoms with Crippen molar-refractivity contribution < 1.29 is 19.1 Å². The average Bonchev–Trinajstić information content (AvgIpc) is 3.28. The van der Waals surface area contributed by atoms with E-state index in [4.69, 9.17) is 0 Å². The fraction of sp³-hybridized carbons (Fsp3) is 0.174. The Kier molecular flexibility index (Phi) is 4.06. The second-order valence-corrected chi connectivity index (χ2v) is 7.61. The molecule has 0 radical (unpaired) electrons. The molecular weight excluding hydrogens is 385 g/mol. The topological polar surface area (TPSA) is 82.5 Å². The number of likely N-dealkylation sites (tertiary alicyclic amines) is 1. The van der Waals surface area contributed by atoms with Gasteiger partial charge in [0.15, 0.2) is 0 Å². The fourth-order valence-corrected chi connectivity index (χ4v) is 4.72. The van der Waals surface area contributed by atoms with Crippen LogP contribution < -0.4 is 5.32 Å². The van der Waals surface area contributed by atoms with Crippen LogP contribution in [-0.2, 0) is 10.2 Å². The van der Waals surface area contributed by atoms with Crippen molar-refractivity contribution in [1.29, 1.82) is 0 Å². The maximum Gasteiger partial charge on any atom is 0.256 e. The molecule has 3 aromatic rings. The van der Waals surface area contributed by atoms with Crippen LogP contribution in [0.5, 0.6) is 5.75 Å². The lowest BCUT2D eigenvalue weighted by molar-refractivity contribution is -0.121. The number of nitrogens with zero attached hydrogens (tertiary/aromatic N) is 2. The molecule has 5 rings (SSSR count). The van der Waals surface area contributed by atoms with E-state index in [1.807, 2.05) is 24.3 Å². The van der Waals surface area contributed by atoms with Gasteiger partial charge in [-0.05, 0) is 41.8 Å². The number of carbonyl (C=O) groups excluding carboxylic acids is 2.